The van der Waals surface area contributed by atoms with E-state index in [1.807, 2.05) is 30.3 Å². The monoisotopic (exact) mass is 419 g/mol. The van der Waals surface area contributed by atoms with Gasteiger partial charge in [-0.2, -0.15) is 0 Å². The molecule has 0 bridgehead atoms. The first kappa shape index (κ1) is 15.6. The van der Waals surface area contributed by atoms with E-state index in [9.17, 15) is 0 Å². The Morgan fingerprint density at radius 1 is 1.15 bits per heavy atom. The van der Waals surface area contributed by atoms with E-state index in [-0.39, 0.29) is 12.4 Å². The lowest BCUT2D eigenvalue weighted by Gasteiger charge is -2.01. The SMILES string of the molecule is Cl.NCc1oc2c(I)cc(Cl)cc2c1-c1ccccc1. The molecule has 0 unspecified atom stereocenters. The van der Waals surface area contributed by atoms with Gasteiger partial charge in [0.05, 0.1) is 10.1 Å². The summed E-state index contributed by atoms with van der Waals surface area (Å²) in [6.45, 7) is 0.368. The fourth-order valence-corrected chi connectivity index (χ4v) is 3.38. The Bertz CT molecular complexity index is 740. The van der Waals surface area contributed by atoms with Crippen LogP contribution >= 0.6 is 46.6 Å². The summed E-state index contributed by atoms with van der Waals surface area (Å²) in [5.74, 6) is 0.793. The lowest BCUT2D eigenvalue weighted by Crippen LogP contribution is -1.95. The zero-order valence-corrected chi connectivity index (χ0v) is 14.1. The zero-order valence-electron chi connectivity index (χ0n) is 10.4. The van der Waals surface area contributed by atoms with Crippen LogP contribution in [0.1, 0.15) is 5.76 Å². The van der Waals surface area contributed by atoms with Gasteiger partial charge >= 0.3 is 0 Å². The quantitative estimate of drug-likeness (QED) is 0.577. The molecule has 5 heteroatoms. The minimum Gasteiger partial charge on any atom is -0.458 e. The third kappa shape index (κ3) is 2.68. The first-order valence-corrected chi connectivity index (χ1v) is 7.32. The molecule has 20 heavy (non-hydrogen) atoms. The average molecular weight is 420 g/mol. The lowest BCUT2D eigenvalue weighted by atomic mass is 10.0. The smallest absolute Gasteiger partial charge is 0.148 e. The Morgan fingerprint density at radius 2 is 1.85 bits per heavy atom. The standard InChI is InChI=1S/C15H11ClINO.ClH/c16-10-6-11-14(9-4-2-1-3-5-9)13(8-18)19-15(11)12(17)7-10;/h1-7H,8,18H2;1H. The van der Waals surface area contributed by atoms with Crippen molar-refractivity contribution in [3.05, 3.63) is 56.8 Å². The highest BCUT2D eigenvalue weighted by Crippen LogP contribution is 2.38. The molecule has 0 aliphatic rings. The molecule has 104 valence electrons. The Balaban J connectivity index is 0.00000147. The van der Waals surface area contributed by atoms with Crippen molar-refractivity contribution in [1.82, 2.24) is 0 Å². The molecule has 0 saturated carbocycles. The second-order valence-corrected chi connectivity index (χ2v) is 5.83. The molecule has 0 radical (unpaired) electrons. The van der Waals surface area contributed by atoms with E-state index in [0.29, 0.717) is 11.6 Å². The Morgan fingerprint density at radius 3 is 2.50 bits per heavy atom. The summed E-state index contributed by atoms with van der Waals surface area (Å²) in [6.07, 6.45) is 0. The van der Waals surface area contributed by atoms with Gasteiger partial charge in [0.25, 0.3) is 0 Å². The van der Waals surface area contributed by atoms with E-state index >= 15 is 0 Å². The predicted molar refractivity (Wildman–Crippen MR) is 94.5 cm³/mol. The molecule has 2 aromatic carbocycles. The zero-order chi connectivity index (χ0) is 13.4. The van der Waals surface area contributed by atoms with Crippen molar-refractivity contribution in [1.29, 1.82) is 0 Å². The molecule has 0 atom stereocenters. The molecular formula is C15H12Cl2INO. The van der Waals surface area contributed by atoms with Crippen LogP contribution in [0.25, 0.3) is 22.1 Å². The van der Waals surface area contributed by atoms with Crippen molar-refractivity contribution in [3.63, 3.8) is 0 Å². The van der Waals surface area contributed by atoms with Gasteiger partial charge in [-0.1, -0.05) is 41.9 Å². The van der Waals surface area contributed by atoms with E-state index in [1.54, 1.807) is 0 Å². The largest absolute Gasteiger partial charge is 0.458 e. The van der Waals surface area contributed by atoms with Crippen LogP contribution in [0.3, 0.4) is 0 Å². The van der Waals surface area contributed by atoms with Crippen LogP contribution in [0.5, 0.6) is 0 Å². The second-order valence-electron chi connectivity index (χ2n) is 4.23. The lowest BCUT2D eigenvalue weighted by molar-refractivity contribution is 0.552. The fraction of sp³-hybridized carbons (Fsp3) is 0.0667. The maximum atomic E-state index is 6.16. The molecule has 0 saturated heterocycles. The van der Waals surface area contributed by atoms with Crippen molar-refractivity contribution in [2.45, 2.75) is 6.54 Å². The van der Waals surface area contributed by atoms with Gasteiger partial charge in [0.1, 0.15) is 11.3 Å². The maximum Gasteiger partial charge on any atom is 0.148 e. The van der Waals surface area contributed by atoms with Crippen molar-refractivity contribution in [3.8, 4) is 11.1 Å². The van der Waals surface area contributed by atoms with Gasteiger partial charge in [0.2, 0.25) is 0 Å². The summed E-state index contributed by atoms with van der Waals surface area (Å²) in [5.41, 5.74) is 8.80. The minimum atomic E-state index is 0. The summed E-state index contributed by atoms with van der Waals surface area (Å²) in [5, 5.41) is 1.72. The molecule has 3 aromatic rings. The van der Waals surface area contributed by atoms with Crippen molar-refractivity contribution in [2.75, 3.05) is 0 Å². The van der Waals surface area contributed by atoms with Gasteiger partial charge in [-0.15, -0.1) is 12.4 Å². The number of hydrogen-bond acceptors (Lipinski definition) is 2. The van der Waals surface area contributed by atoms with Gasteiger partial charge < -0.3 is 10.2 Å². The second kappa shape index (κ2) is 6.35. The number of furan rings is 1. The number of hydrogen-bond donors (Lipinski definition) is 1. The highest BCUT2D eigenvalue weighted by atomic mass is 127. The van der Waals surface area contributed by atoms with Crippen LogP contribution in [0.4, 0.5) is 0 Å². The first-order chi connectivity index (χ1) is 9.20. The van der Waals surface area contributed by atoms with E-state index in [1.165, 1.54) is 0 Å². The minimum absolute atomic E-state index is 0. The number of nitrogens with two attached hydrogens (primary N) is 1. The molecule has 0 spiro atoms. The van der Waals surface area contributed by atoms with Gasteiger partial charge in [-0.3, -0.25) is 0 Å². The van der Waals surface area contributed by atoms with E-state index in [2.05, 4.69) is 34.7 Å². The summed E-state index contributed by atoms with van der Waals surface area (Å²) < 4.78 is 6.89. The van der Waals surface area contributed by atoms with E-state index in [4.69, 9.17) is 21.8 Å². The van der Waals surface area contributed by atoms with Crippen LogP contribution in [-0.2, 0) is 6.54 Å². The Hall–Kier alpha value is -0.750. The molecule has 0 amide bonds. The molecule has 0 aliphatic heterocycles. The summed E-state index contributed by atoms with van der Waals surface area (Å²) >= 11 is 8.39. The third-order valence-corrected chi connectivity index (χ3v) is 4.05. The third-order valence-electron chi connectivity index (χ3n) is 3.03. The van der Waals surface area contributed by atoms with Gasteiger partial charge in [-0.25, -0.2) is 0 Å². The van der Waals surface area contributed by atoms with Gasteiger partial charge in [0.15, 0.2) is 0 Å². The summed E-state index contributed by atoms with van der Waals surface area (Å²) in [7, 11) is 0. The van der Waals surface area contributed by atoms with E-state index < -0.39 is 0 Å². The average Bonchev–Trinajstić information content (AvgIpc) is 2.78. The number of benzene rings is 2. The topological polar surface area (TPSA) is 39.2 Å². The Labute approximate surface area is 141 Å². The molecule has 0 aliphatic carbocycles. The molecule has 3 rings (SSSR count). The maximum absolute atomic E-state index is 6.16. The van der Waals surface area contributed by atoms with Crippen LogP contribution in [-0.4, -0.2) is 0 Å². The van der Waals surface area contributed by atoms with Gasteiger partial charge in [-0.05, 0) is 40.3 Å². The van der Waals surface area contributed by atoms with Crippen LogP contribution in [0.2, 0.25) is 5.02 Å². The molecular weight excluding hydrogens is 408 g/mol. The van der Waals surface area contributed by atoms with Crippen molar-refractivity contribution in [2.24, 2.45) is 5.73 Å². The van der Waals surface area contributed by atoms with Gasteiger partial charge in [0, 0.05) is 16.0 Å². The summed E-state index contributed by atoms with van der Waals surface area (Å²) in [4.78, 5) is 0. The van der Waals surface area contributed by atoms with Crippen LogP contribution in [0, 0.1) is 3.57 Å². The van der Waals surface area contributed by atoms with Crippen molar-refractivity contribution >= 4 is 57.6 Å². The highest BCUT2D eigenvalue weighted by Gasteiger charge is 2.17. The van der Waals surface area contributed by atoms with Crippen molar-refractivity contribution < 1.29 is 4.42 Å². The molecule has 0 fully saturated rings. The van der Waals surface area contributed by atoms with Crippen LogP contribution in [0.15, 0.2) is 46.9 Å². The predicted octanol–water partition coefficient (Wildman–Crippen LogP) is 5.24. The number of rotatable bonds is 2. The number of halogens is 3. The molecule has 2 nitrogen and oxygen atoms in total. The van der Waals surface area contributed by atoms with E-state index in [0.717, 1.165) is 31.4 Å². The number of fused-ring (bicyclic) bond motifs is 1. The molecule has 1 aromatic heterocycles. The molecule has 2 N–H and O–H groups in total. The normalized spacial score (nSPS) is 10.6. The van der Waals surface area contributed by atoms with Crippen LogP contribution < -0.4 is 5.73 Å². The highest BCUT2D eigenvalue weighted by molar-refractivity contribution is 14.1. The molecule has 1 heterocycles. The summed E-state index contributed by atoms with van der Waals surface area (Å²) in [6, 6.07) is 13.9. The first-order valence-electron chi connectivity index (χ1n) is 5.86. The fourth-order valence-electron chi connectivity index (χ4n) is 2.24. The Kier molecular flexibility index (Phi) is 4.96.